The van der Waals surface area contributed by atoms with E-state index in [0.29, 0.717) is 17.9 Å². The number of aliphatic hydroxyl groups is 1. The highest BCUT2D eigenvalue weighted by Crippen LogP contribution is 2.29. The smallest absolute Gasteiger partial charge is 0.237 e. The van der Waals surface area contributed by atoms with Gasteiger partial charge in [-0.2, -0.15) is 0 Å². The van der Waals surface area contributed by atoms with Crippen molar-refractivity contribution in [1.82, 2.24) is 15.1 Å². The summed E-state index contributed by atoms with van der Waals surface area (Å²) < 4.78 is 0. The molecule has 4 unspecified atom stereocenters. The summed E-state index contributed by atoms with van der Waals surface area (Å²) in [5.41, 5.74) is 0. The van der Waals surface area contributed by atoms with Crippen LogP contribution in [0.3, 0.4) is 0 Å². The highest BCUT2D eigenvalue weighted by molar-refractivity contribution is 5.81. The lowest BCUT2D eigenvalue weighted by Crippen LogP contribution is -2.56. The van der Waals surface area contributed by atoms with E-state index in [9.17, 15) is 4.79 Å². The van der Waals surface area contributed by atoms with Crippen LogP contribution < -0.4 is 5.32 Å². The van der Waals surface area contributed by atoms with Crippen molar-refractivity contribution >= 4 is 5.91 Å². The Kier molecular flexibility index (Phi) is 6.66. The highest BCUT2D eigenvalue weighted by atomic mass is 16.3. The lowest BCUT2D eigenvalue weighted by atomic mass is 9.78. The molecule has 1 amide bonds. The molecule has 5 heteroatoms. The molecule has 1 aliphatic carbocycles. The van der Waals surface area contributed by atoms with E-state index in [1.54, 1.807) is 0 Å². The van der Waals surface area contributed by atoms with Gasteiger partial charge < -0.3 is 10.4 Å². The number of piperazine rings is 1. The number of hydrogen-bond acceptors (Lipinski definition) is 4. The summed E-state index contributed by atoms with van der Waals surface area (Å²) in [6.07, 6.45) is 3.63. The number of amides is 1. The van der Waals surface area contributed by atoms with Crippen molar-refractivity contribution in [2.75, 3.05) is 39.3 Å². The normalized spacial score (nSPS) is 32.6. The molecule has 0 radical (unpaired) electrons. The molecule has 2 rings (SSSR count). The van der Waals surface area contributed by atoms with Gasteiger partial charge in [0.2, 0.25) is 5.91 Å². The molecule has 1 saturated carbocycles. The number of carbonyl (C=O) groups excluding carboxylic acids is 1. The number of hydrogen-bond donors (Lipinski definition) is 2. The minimum atomic E-state index is -0.0549. The number of nitrogens with one attached hydrogen (secondary N) is 1. The predicted octanol–water partition coefficient (Wildman–Crippen LogP) is 0.926. The third-order valence-corrected chi connectivity index (χ3v) is 5.78. The Morgan fingerprint density at radius 1 is 1.23 bits per heavy atom. The Morgan fingerprint density at radius 2 is 1.91 bits per heavy atom. The molecule has 2 fully saturated rings. The summed E-state index contributed by atoms with van der Waals surface area (Å²) in [5, 5.41) is 12.3. The van der Waals surface area contributed by atoms with Crippen LogP contribution in [0.2, 0.25) is 0 Å². The maximum atomic E-state index is 12.6. The van der Waals surface area contributed by atoms with Gasteiger partial charge in [-0.3, -0.25) is 14.6 Å². The van der Waals surface area contributed by atoms with Crippen molar-refractivity contribution in [1.29, 1.82) is 0 Å². The molecule has 1 heterocycles. The molecule has 4 atom stereocenters. The summed E-state index contributed by atoms with van der Waals surface area (Å²) >= 11 is 0. The molecule has 0 spiro atoms. The number of aliphatic hydroxyl groups excluding tert-OH is 1. The minimum absolute atomic E-state index is 0.0549. The van der Waals surface area contributed by atoms with Crippen molar-refractivity contribution < 1.29 is 9.90 Å². The first-order valence-electron chi connectivity index (χ1n) is 8.90. The Hall–Kier alpha value is -0.650. The van der Waals surface area contributed by atoms with Gasteiger partial charge in [-0.25, -0.2) is 0 Å². The molecular formula is C17H33N3O2. The first kappa shape index (κ1) is 17.7. The van der Waals surface area contributed by atoms with Crippen molar-refractivity contribution in [3.63, 3.8) is 0 Å². The van der Waals surface area contributed by atoms with Crippen LogP contribution in [0.25, 0.3) is 0 Å². The Balaban J connectivity index is 1.80. The van der Waals surface area contributed by atoms with Gasteiger partial charge in [-0.1, -0.05) is 26.7 Å². The molecule has 1 saturated heterocycles. The molecule has 0 aromatic rings. The first-order chi connectivity index (χ1) is 10.5. The van der Waals surface area contributed by atoms with Crippen molar-refractivity contribution in [2.24, 2.45) is 11.8 Å². The van der Waals surface area contributed by atoms with Crippen LogP contribution in [0.5, 0.6) is 0 Å². The third-order valence-electron chi connectivity index (χ3n) is 5.78. The van der Waals surface area contributed by atoms with E-state index in [4.69, 9.17) is 5.11 Å². The molecule has 0 aromatic carbocycles. The zero-order valence-electron chi connectivity index (χ0n) is 14.4. The third kappa shape index (κ3) is 4.43. The standard InChI is InChI=1S/C17H33N3O2/c1-13-5-4-6-16(14(13)2)18-17(22)15(3)20-9-7-19(8-10-20)11-12-21/h13-16,21H,4-12H2,1-3H3,(H,18,22). The molecule has 0 aromatic heterocycles. The van der Waals surface area contributed by atoms with E-state index in [-0.39, 0.29) is 18.6 Å². The second-order valence-corrected chi connectivity index (χ2v) is 7.16. The van der Waals surface area contributed by atoms with E-state index in [1.165, 1.54) is 12.8 Å². The van der Waals surface area contributed by atoms with Crippen molar-refractivity contribution in [3.05, 3.63) is 0 Å². The topological polar surface area (TPSA) is 55.8 Å². The van der Waals surface area contributed by atoms with Crippen LogP contribution in [-0.4, -0.2) is 72.2 Å². The van der Waals surface area contributed by atoms with Crippen molar-refractivity contribution in [2.45, 2.75) is 52.1 Å². The fourth-order valence-corrected chi connectivity index (χ4v) is 3.77. The second kappa shape index (κ2) is 8.27. The van der Waals surface area contributed by atoms with Crippen LogP contribution in [0, 0.1) is 11.8 Å². The molecule has 5 nitrogen and oxygen atoms in total. The van der Waals surface area contributed by atoms with Crippen LogP contribution in [0.4, 0.5) is 0 Å². The number of rotatable bonds is 5. The van der Waals surface area contributed by atoms with Crippen molar-refractivity contribution in [3.8, 4) is 0 Å². The fourth-order valence-electron chi connectivity index (χ4n) is 3.77. The fraction of sp³-hybridized carbons (Fsp3) is 0.941. The average Bonchev–Trinajstić information content (AvgIpc) is 2.52. The Bertz CT molecular complexity index is 356. The Labute approximate surface area is 135 Å². The van der Waals surface area contributed by atoms with E-state index in [1.807, 2.05) is 6.92 Å². The summed E-state index contributed by atoms with van der Waals surface area (Å²) in [4.78, 5) is 17.1. The average molecular weight is 311 g/mol. The molecule has 2 N–H and O–H groups in total. The van der Waals surface area contributed by atoms with Gasteiger partial charge in [0.05, 0.1) is 12.6 Å². The maximum Gasteiger partial charge on any atom is 0.237 e. The van der Waals surface area contributed by atoms with Gasteiger partial charge >= 0.3 is 0 Å². The second-order valence-electron chi connectivity index (χ2n) is 7.16. The van der Waals surface area contributed by atoms with Gasteiger partial charge in [0.15, 0.2) is 0 Å². The maximum absolute atomic E-state index is 12.6. The zero-order valence-corrected chi connectivity index (χ0v) is 14.4. The van der Waals surface area contributed by atoms with Gasteiger partial charge in [-0.05, 0) is 25.2 Å². The summed E-state index contributed by atoms with van der Waals surface area (Å²) in [5.74, 6) is 1.46. The zero-order chi connectivity index (χ0) is 16.1. The van der Waals surface area contributed by atoms with E-state index in [2.05, 4.69) is 29.0 Å². The molecule has 22 heavy (non-hydrogen) atoms. The molecule has 2 aliphatic rings. The van der Waals surface area contributed by atoms with Gasteiger partial charge in [-0.15, -0.1) is 0 Å². The number of nitrogens with zero attached hydrogens (tertiary/aromatic N) is 2. The monoisotopic (exact) mass is 311 g/mol. The van der Waals surface area contributed by atoms with Crippen LogP contribution >= 0.6 is 0 Å². The Morgan fingerprint density at radius 3 is 2.55 bits per heavy atom. The van der Waals surface area contributed by atoms with Gasteiger partial charge in [0, 0.05) is 38.8 Å². The number of β-amino-alcohol motifs (C(OH)–C–C–N with tert-alkyl or cyclic N) is 1. The lowest BCUT2D eigenvalue weighted by Gasteiger charge is -2.39. The van der Waals surface area contributed by atoms with Gasteiger partial charge in [0.25, 0.3) is 0 Å². The minimum Gasteiger partial charge on any atom is -0.395 e. The van der Waals surface area contributed by atoms with E-state index in [0.717, 1.165) is 39.1 Å². The van der Waals surface area contributed by atoms with Gasteiger partial charge in [0.1, 0.15) is 0 Å². The largest absolute Gasteiger partial charge is 0.395 e. The lowest BCUT2D eigenvalue weighted by molar-refractivity contribution is -0.128. The van der Waals surface area contributed by atoms with Crippen LogP contribution in [0.15, 0.2) is 0 Å². The molecule has 0 bridgehead atoms. The van der Waals surface area contributed by atoms with E-state index < -0.39 is 0 Å². The van der Waals surface area contributed by atoms with E-state index >= 15 is 0 Å². The van der Waals surface area contributed by atoms with Crippen LogP contribution in [-0.2, 0) is 4.79 Å². The summed E-state index contributed by atoms with van der Waals surface area (Å²) in [6, 6.07) is 0.287. The molecule has 1 aliphatic heterocycles. The SMILES string of the molecule is CC1CCCC(NC(=O)C(C)N2CCN(CCO)CC2)C1C. The first-order valence-corrected chi connectivity index (χ1v) is 8.90. The highest BCUT2D eigenvalue weighted by Gasteiger charge is 2.31. The summed E-state index contributed by atoms with van der Waals surface area (Å²) in [6.45, 7) is 11.2. The van der Waals surface area contributed by atoms with Crippen LogP contribution in [0.1, 0.15) is 40.0 Å². The molecular weight excluding hydrogens is 278 g/mol. The summed E-state index contributed by atoms with van der Waals surface area (Å²) in [7, 11) is 0. The predicted molar refractivity (Wildman–Crippen MR) is 88.7 cm³/mol. The molecule has 128 valence electrons. The quantitative estimate of drug-likeness (QED) is 0.793. The number of carbonyl (C=O) groups is 1.